The summed E-state index contributed by atoms with van der Waals surface area (Å²) in [5.74, 6) is 1.15. The van der Waals surface area contributed by atoms with Crippen LogP contribution in [0.5, 0.6) is 11.5 Å². The Kier molecular flexibility index (Phi) is 6.78. The predicted molar refractivity (Wildman–Crippen MR) is 128 cm³/mol. The van der Waals surface area contributed by atoms with Gasteiger partial charge in [-0.1, -0.05) is 30.3 Å². The summed E-state index contributed by atoms with van der Waals surface area (Å²) in [6, 6.07) is 21.9. The lowest BCUT2D eigenvalue weighted by atomic mass is 10.1. The Labute approximate surface area is 193 Å². The topological polar surface area (TPSA) is 71.1 Å². The largest absolute Gasteiger partial charge is 0.497 e. The number of amides is 3. The summed E-state index contributed by atoms with van der Waals surface area (Å²) in [6.45, 7) is 1.66. The summed E-state index contributed by atoms with van der Waals surface area (Å²) in [5.41, 5.74) is 2.77. The van der Waals surface area contributed by atoms with Crippen molar-refractivity contribution < 1.29 is 19.1 Å². The smallest absolute Gasteiger partial charge is 0.324 e. The number of nitrogens with one attached hydrogen (secondary N) is 1. The van der Waals surface area contributed by atoms with Gasteiger partial charge in [0.15, 0.2) is 0 Å². The lowest BCUT2D eigenvalue weighted by Gasteiger charge is -2.36. The first-order valence-electron chi connectivity index (χ1n) is 10.8. The van der Waals surface area contributed by atoms with Crippen LogP contribution < -0.4 is 19.7 Å². The normalized spacial score (nSPS) is 13.6. The summed E-state index contributed by atoms with van der Waals surface area (Å²) in [6.07, 6.45) is 0.813. The molecule has 1 saturated heterocycles. The molecule has 7 nitrogen and oxygen atoms in total. The second-order valence-electron chi connectivity index (χ2n) is 7.77. The average molecular weight is 446 g/mol. The maximum Gasteiger partial charge on any atom is 0.324 e. The molecule has 3 amide bonds. The predicted octanol–water partition coefficient (Wildman–Crippen LogP) is 4.79. The highest BCUT2D eigenvalue weighted by molar-refractivity contribution is 6.07. The summed E-state index contributed by atoms with van der Waals surface area (Å²) in [7, 11) is 3.21. The molecule has 1 heterocycles. The van der Waals surface area contributed by atoms with Gasteiger partial charge in [0.05, 0.1) is 25.6 Å². The van der Waals surface area contributed by atoms with Crippen LogP contribution in [0.3, 0.4) is 0 Å². The Bertz CT molecular complexity index is 1110. The van der Waals surface area contributed by atoms with Gasteiger partial charge >= 0.3 is 6.03 Å². The van der Waals surface area contributed by atoms with E-state index >= 15 is 0 Å². The molecule has 0 aromatic heterocycles. The van der Waals surface area contributed by atoms with Gasteiger partial charge < -0.3 is 19.7 Å². The molecule has 0 radical (unpaired) electrons. The van der Waals surface area contributed by atoms with Crippen LogP contribution in [-0.4, -0.2) is 44.1 Å². The van der Waals surface area contributed by atoms with E-state index < -0.39 is 0 Å². The Balaban J connectivity index is 1.55. The SMILES string of the molecule is COc1cc(CN2CCCN(c3ccccc3NC(=O)c3ccccc3)C2=O)cc(OC)c1. The van der Waals surface area contributed by atoms with Crippen molar-refractivity contribution in [2.24, 2.45) is 0 Å². The fourth-order valence-corrected chi connectivity index (χ4v) is 3.93. The third-order valence-electron chi connectivity index (χ3n) is 5.57. The highest BCUT2D eigenvalue weighted by Gasteiger charge is 2.28. The molecule has 0 saturated carbocycles. The zero-order valence-corrected chi connectivity index (χ0v) is 18.8. The Morgan fingerprint density at radius 2 is 1.58 bits per heavy atom. The monoisotopic (exact) mass is 445 g/mol. The van der Waals surface area contributed by atoms with E-state index in [1.165, 1.54) is 0 Å². The van der Waals surface area contributed by atoms with Gasteiger partial charge in [0.1, 0.15) is 11.5 Å². The second kappa shape index (κ2) is 10.1. The van der Waals surface area contributed by atoms with Crippen molar-refractivity contribution in [1.29, 1.82) is 0 Å². The van der Waals surface area contributed by atoms with Crippen molar-refractivity contribution in [3.63, 3.8) is 0 Å². The molecule has 0 aliphatic carbocycles. The van der Waals surface area contributed by atoms with Crippen molar-refractivity contribution in [2.45, 2.75) is 13.0 Å². The zero-order chi connectivity index (χ0) is 23.2. The van der Waals surface area contributed by atoms with Gasteiger partial charge in [0, 0.05) is 31.3 Å². The number of nitrogens with zero attached hydrogens (tertiary/aromatic N) is 2. The summed E-state index contributed by atoms with van der Waals surface area (Å²) in [4.78, 5) is 29.7. The third-order valence-corrected chi connectivity index (χ3v) is 5.57. The molecule has 0 spiro atoms. The Hall–Kier alpha value is -4.00. The molecule has 170 valence electrons. The van der Waals surface area contributed by atoms with Crippen LogP contribution in [0, 0.1) is 0 Å². The quantitative estimate of drug-likeness (QED) is 0.568. The number of rotatable bonds is 7. The van der Waals surface area contributed by atoms with Crippen molar-refractivity contribution in [3.8, 4) is 11.5 Å². The minimum atomic E-state index is -0.215. The molecule has 0 unspecified atom stereocenters. The number of ether oxygens (including phenoxy) is 2. The van der Waals surface area contributed by atoms with Crippen LogP contribution in [0.2, 0.25) is 0 Å². The number of hydrogen-bond donors (Lipinski definition) is 1. The minimum Gasteiger partial charge on any atom is -0.497 e. The Morgan fingerprint density at radius 3 is 2.27 bits per heavy atom. The number of benzene rings is 3. The second-order valence-corrected chi connectivity index (χ2v) is 7.77. The molecule has 4 rings (SSSR count). The highest BCUT2D eigenvalue weighted by atomic mass is 16.5. The molecule has 0 bridgehead atoms. The maximum absolute atomic E-state index is 13.4. The molecule has 0 atom stereocenters. The van der Waals surface area contributed by atoms with E-state index in [1.54, 1.807) is 42.2 Å². The average Bonchev–Trinajstić information content (AvgIpc) is 2.86. The van der Waals surface area contributed by atoms with E-state index in [0.29, 0.717) is 48.1 Å². The van der Waals surface area contributed by atoms with E-state index in [4.69, 9.17) is 9.47 Å². The van der Waals surface area contributed by atoms with Crippen LogP contribution in [0.1, 0.15) is 22.3 Å². The fraction of sp³-hybridized carbons (Fsp3) is 0.231. The van der Waals surface area contributed by atoms with Gasteiger partial charge in [-0.25, -0.2) is 4.79 Å². The zero-order valence-electron chi connectivity index (χ0n) is 18.8. The number of hydrogen-bond acceptors (Lipinski definition) is 4. The van der Waals surface area contributed by atoms with E-state index in [0.717, 1.165) is 12.0 Å². The van der Waals surface area contributed by atoms with Crippen LogP contribution >= 0.6 is 0 Å². The van der Waals surface area contributed by atoms with E-state index in [1.807, 2.05) is 54.6 Å². The van der Waals surface area contributed by atoms with Gasteiger partial charge in [-0.05, 0) is 48.4 Å². The summed E-state index contributed by atoms with van der Waals surface area (Å²) in [5, 5.41) is 2.95. The Morgan fingerprint density at radius 1 is 0.909 bits per heavy atom. The molecule has 33 heavy (non-hydrogen) atoms. The molecule has 7 heteroatoms. The van der Waals surface area contributed by atoms with Gasteiger partial charge in [0.2, 0.25) is 0 Å². The third kappa shape index (κ3) is 5.09. The number of urea groups is 1. The highest BCUT2D eigenvalue weighted by Crippen LogP contribution is 2.30. The number of anilines is 2. The van der Waals surface area contributed by atoms with Crippen LogP contribution in [0.4, 0.5) is 16.2 Å². The summed E-state index contributed by atoms with van der Waals surface area (Å²) >= 11 is 0. The molecule has 1 N–H and O–H groups in total. The van der Waals surface area contributed by atoms with Gasteiger partial charge in [0.25, 0.3) is 5.91 Å². The van der Waals surface area contributed by atoms with Gasteiger partial charge in [-0.15, -0.1) is 0 Å². The van der Waals surface area contributed by atoms with Crippen molar-refractivity contribution >= 4 is 23.3 Å². The lowest BCUT2D eigenvalue weighted by molar-refractivity contribution is 0.102. The van der Waals surface area contributed by atoms with Crippen molar-refractivity contribution in [2.75, 3.05) is 37.5 Å². The number of carbonyl (C=O) groups is 2. The first kappa shape index (κ1) is 22.2. The molecular weight excluding hydrogens is 418 g/mol. The molecule has 1 aliphatic rings. The minimum absolute atomic E-state index is 0.107. The van der Waals surface area contributed by atoms with Crippen LogP contribution in [-0.2, 0) is 6.54 Å². The van der Waals surface area contributed by atoms with E-state index in [9.17, 15) is 9.59 Å². The summed E-state index contributed by atoms with van der Waals surface area (Å²) < 4.78 is 10.7. The first-order valence-corrected chi connectivity index (χ1v) is 10.8. The number of carbonyl (C=O) groups excluding carboxylic acids is 2. The molecule has 3 aromatic rings. The standard InChI is InChI=1S/C26H27N3O4/c1-32-21-15-19(16-22(17-21)33-2)18-28-13-8-14-29(26(28)31)24-12-7-6-11-23(24)27-25(30)20-9-4-3-5-10-20/h3-7,9-12,15-17H,8,13-14,18H2,1-2H3,(H,27,30). The first-order chi connectivity index (χ1) is 16.1. The molecule has 1 aliphatic heterocycles. The van der Waals surface area contributed by atoms with E-state index in [2.05, 4.69) is 5.32 Å². The van der Waals surface area contributed by atoms with Crippen molar-refractivity contribution in [1.82, 2.24) is 4.90 Å². The van der Waals surface area contributed by atoms with Gasteiger partial charge in [-0.2, -0.15) is 0 Å². The number of methoxy groups -OCH3 is 2. The van der Waals surface area contributed by atoms with Crippen LogP contribution in [0.15, 0.2) is 72.8 Å². The molecule has 1 fully saturated rings. The molecule has 3 aromatic carbocycles. The lowest BCUT2D eigenvalue weighted by Crippen LogP contribution is -2.49. The fourth-order valence-electron chi connectivity index (χ4n) is 3.93. The molecular formula is C26H27N3O4. The van der Waals surface area contributed by atoms with Gasteiger partial charge in [-0.3, -0.25) is 9.69 Å². The number of para-hydroxylation sites is 2. The van der Waals surface area contributed by atoms with Crippen LogP contribution in [0.25, 0.3) is 0 Å². The van der Waals surface area contributed by atoms with Crippen molar-refractivity contribution in [3.05, 3.63) is 83.9 Å². The maximum atomic E-state index is 13.4. The van der Waals surface area contributed by atoms with E-state index in [-0.39, 0.29) is 11.9 Å².